The molecule has 0 radical (unpaired) electrons. The van der Waals surface area contributed by atoms with Crippen LogP contribution in [0.25, 0.3) is 0 Å². The van der Waals surface area contributed by atoms with Crippen molar-refractivity contribution in [1.82, 2.24) is 14.7 Å². The van der Waals surface area contributed by atoms with Gasteiger partial charge in [-0.3, -0.25) is 14.6 Å². The number of carbonyl (C=O) groups excluding carboxylic acids is 1. The topological polar surface area (TPSA) is 36.0 Å². The summed E-state index contributed by atoms with van der Waals surface area (Å²) in [5.41, 5.74) is 0.914. The van der Waals surface area contributed by atoms with Gasteiger partial charge in [-0.05, 0) is 31.0 Å². The monoisotopic (exact) mass is 357 g/mol. The summed E-state index contributed by atoms with van der Waals surface area (Å²) in [6.45, 7) is 12.1. The summed E-state index contributed by atoms with van der Waals surface area (Å²) < 4.78 is 5.75. The average Bonchev–Trinajstić information content (AvgIpc) is 2.64. The normalized spacial score (nSPS) is 26.0. The first-order valence-corrected chi connectivity index (χ1v) is 9.99. The number of hydrogen-bond donors (Lipinski definition) is 0. The van der Waals surface area contributed by atoms with Gasteiger partial charge in [-0.2, -0.15) is 0 Å². The Kier molecular flexibility index (Phi) is 5.04. The van der Waals surface area contributed by atoms with Crippen LogP contribution in [0.15, 0.2) is 30.3 Å². The van der Waals surface area contributed by atoms with Crippen LogP contribution in [0, 0.1) is 5.92 Å². The highest BCUT2D eigenvalue weighted by Crippen LogP contribution is 2.36. The van der Waals surface area contributed by atoms with E-state index in [9.17, 15) is 4.79 Å². The summed E-state index contributed by atoms with van der Waals surface area (Å²) in [5, 5.41) is 0. The van der Waals surface area contributed by atoms with Crippen LogP contribution in [-0.2, 0) is 4.74 Å². The van der Waals surface area contributed by atoms with Crippen LogP contribution < -0.4 is 0 Å². The van der Waals surface area contributed by atoms with E-state index in [2.05, 4.69) is 28.5 Å². The molecule has 1 unspecified atom stereocenters. The molecule has 3 heterocycles. The van der Waals surface area contributed by atoms with E-state index in [1.807, 2.05) is 30.3 Å². The first-order valence-electron chi connectivity index (χ1n) is 9.99. The van der Waals surface area contributed by atoms with Crippen molar-refractivity contribution in [2.24, 2.45) is 5.92 Å². The lowest BCUT2D eigenvalue weighted by atomic mass is 9.82. The number of morpholine rings is 1. The number of piperazine rings is 1. The molecule has 5 nitrogen and oxygen atoms in total. The smallest absolute Gasteiger partial charge is 0.253 e. The fourth-order valence-electron chi connectivity index (χ4n) is 4.78. The summed E-state index contributed by atoms with van der Waals surface area (Å²) in [5.74, 6) is 0.904. The summed E-state index contributed by atoms with van der Waals surface area (Å²) in [4.78, 5) is 20.3. The molecule has 4 rings (SSSR count). The van der Waals surface area contributed by atoms with Gasteiger partial charge in [0.2, 0.25) is 0 Å². The number of carbonyl (C=O) groups is 1. The zero-order chi connectivity index (χ0) is 18.1. The third-order valence-electron chi connectivity index (χ3n) is 6.12. The van der Waals surface area contributed by atoms with Crippen molar-refractivity contribution in [2.45, 2.75) is 31.8 Å². The van der Waals surface area contributed by atoms with Crippen LogP contribution in [0.5, 0.6) is 0 Å². The van der Waals surface area contributed by atoms with Gasteiger partial charge in [-0.25, -0.2) is 0 Å². The van der Waals surface area contributed by atoms with E-state index in [0.717, 1.165) is 57.4 Å². The molecule has 3 fully saturated rings. The standard InChI is InChI=1S/C21H31N3O2/c1-17(2)8-9-22-14-21(15-22)16-23(12-19-13-26-11-10-24(19)21)20(25)18-6-4-3-5-7-18/h3-7,17,19H,8-16H2,1-2H3. The van der Waals surface area contributed by atoms with Gasteiger partial charge >= 0.3 is 0 Å². The molecule has 1 aromatic rings. The Morgan fingerprint density at radius 2 is 2.00 bits per heavy atom. The molecule has 0 bridgehead atoms. The summed E-state index contributed by atoms with van der Waals surface area (Å²) in [6.07, 6.45) is 1.25. The van der Waals surface area contributed by atoms with Gasteiger partial charge in [-0.15, -0.1) is 0 Å². The molecular weight excluding hydrogens is 326 g/mol. The lowest BCUT2D eigenvalue weighted by Crippen LogP contribution is -2.80. The average molecular weight is 357 g/mol. The maximum absolute atomic E-state index is 13.1. The summed E-state index contributed by atoms with van der Waals surface area (Å²) in [7, 11) is 0. The Morgan fingerprint density at radius 1 is 1.23 bits per heavy atom. The largest absolute Gasteiger partial charge is 0.378 e. The second-order valence-electron chi connectivity index (χ2n) is 8.59. The Hall–Kier alpha value is -1.43. The zero-order valence-corrected chi connectivity index (χ0v) is 16.1. The Bertz CT molecular complexity index is 627. The SMILES string of the molecule is CC(C)CCN1CC2(C1)CN(C(=O)c1ccccc1)CC1COCCN12. The van der Waals surface area contributed by atoms with Crippen LogP contribution in [0.3, 0.4) is 0 Å². The minimum Gasteiger partial charge on any atom is -0.378 e. The molecule has 0 aromatic heterocycles. The van der Waals surface area contributed by atoms with Crippen molar-refractivity contribution < 1.29 is 9.53 Å². The Labute approximate surface area is 156 Å². The molecule has 0 aliphatic carbocycles. The third-order valence-corrected chi connectivity index (χ3v) is 6.12. The minimum atomic E-state index is 0.119. The van der Waals surface area contributed by atoms with Crippen molar-refractivity contribution >= 4 is 5.91 Å². The molecule has 0 saturated carbocycles. The highest BCUT2D eigenvalue weighted by Gasteiger charge is 2.54. The molecule has 3 saturated heterocycles. The molecule has 26 heavy (non-hydrogen) atoms. The van der Waals surface area contributed by atoms with E-state index in [-0.39, 0.29) is 11.4 Å². The Balaban J connectivity index is 1.49. The number of ether oxygens (including phenoxy) is 1. The number of nitrogens with zero attached hydrogens (tertiary/aromatic N) is 3. The van der Waals surface area contributed by atoms with Crippen molar-refractivity contribution in [1.29, 1.82) is 0 Å². The van der Waals surface area contributed by atoms with E-state index in [0.29, 0.717) is 6.04 Å². The molecular formula is C21H31N3O2. The van der Waals surface area contributed by atoms with Gasteiger partial charge in [0.05, 0.1) is 24.8 Å². The van der Waals surface area contributed by atoms with Crippen molar-refractivity contribution in [3.63, 3.8) is 0 Å². The zero-order valence-electron chi connectivity index (χ0n) is 16.1. The fourth-order valence-corrected chi connectivity index (χ4v) is 4.78. The number of rotatable bonds is 4. The van der Waals surface area contributed by atoms with Crippen LogP contribution in [0.4, 0.5) is 0 Å². The third kappa shape index (κ3) is 3.40. The van der Waals surface area contributed by atoms with Gasteiger partial charge in [0.1, 0.15) is 0 Å². The number of amides is 1. The van der Waals surface area contributed by atoms with Crippen molar-refractivity contribution in [2.75, 3.05) is 52.5 Å². The number of hydrogen-bond acceptors (Lipinski definition) is 4. The van der Waals surface area contributed by atoms with Crippen LogP contribution in [-0.4, -0.2) is 84.7 Å². The van der Waals surface area contributed by atoms with E-state index in [1.165, 1.54) is 13.0 Å². The predicted octanol–water partition coefficient (Wildman–Crippen LogP) is 1.94. The molecule has 5 heteroatoms. The number of benzene rings is 1. The molecule has 0 N–H and O–H groups in total. The van der Waals surface area contributed by atoms with Crippen LogP contribution in [0.2, 0.25) is 0 Å². The van der Waals surface area contributed by atoms with Gasteiger partial charge in [-0.1, -0.05) is 32.0 Å². The molecule has 142 valence electrons. The highest BCUT2D eigenvalue weighted by molar-refractivity contribution is 5.94. The summed E-state index contributed by atoms with van der Waals surface area (Å²) in [6, 6.07) is 10.0. The quantitative estimate of drug-likeness (QED) is 0.825. The number of likely N-dealkylation sites (tertiary alicyclic amines) is 1. The molecule has 1 spiro atoms. The lowest BCUT2D eigenvalue weighted by molar-refractivity contribution is -0.158. The maximum Gasteiger partial charge on any atom is 0.253 e. The maximum atomic E-state index is 13.1. The van der Waals surface area contributed by atoms with Gasteiger partial charge in [0.15, 0.2) is 0 Å². The van der Waals surface area contributed by atoms with Crippen molar-refractivity contribution in [3.8, 4) is 0 Å². The molecule has 1 atom stereocenters. The molecule has 1 amide bonds. The first kappa shape index (κ1) is 18.0. The van der Waals surface area contributed by atoms with Crippen LogP contribution in [0.1, 0.15) is 30.6 Å². The molecule has 1 aromatic carbocycles. The van der Waals surface area contributed by atoms with Gasteiger partial charge < -0.3 is 9.64 Å². The second-order valence-corrected chi connectivity index (χ2v) is 8.59. The predicted molar refractivity (Wildman–Crippen MR) is 102 cm³/mol. The first-order chi connectivity index (χ1) is 12.6. The lowest BCUT2D eigenvalue weighted by Gasteiger charge is -2.63. The second kappa shape index (κ2) is 7.29. The number of fused-ring (bicyclic) bond motifs is 2. The van der Waals surface area contributed by atoms with Gasteiger partial charge in [0.25, 0.3) is 5.91 Å². The van der Waals surface area contributed by atoms with E-state index in [4.69, 9.17) is 4.74 Å². The molecule has 3 aliphatic heterocycles. The Morgan fingerprint density at radius 3 is 2.73 bits per heavy atom. The van der Waals surface area contributed by atoms with E-state index >= 15 is 0 Å². The van der Waals surface area contributed by atoms with Crippen LogP contribution >= 0.6 is 0 Å². The fraction of sp³-hybridized carbons (Fsp3) is 0.667. The summed E-state index contributed by atoms with van der Waals surface area (Å²) >= 11 is 0. The van der Waals surface area contributed by atoms with E-state index < -0.39 is 0 Å². The van der Waals surface area contributed by atoms with Crippen molar-refractivity contribution in [3.05, 3.63) is 35.9 Å². The van der Waals surface area contributed by atoms with E-state index in [1.54, 1.807) is 0 Å². The molecule has 3 aliphatic rings. The minimum absolute atomic E-state index is 0.119. The van der Waals surface area contributed by atoms with Gasteiger partial charge in [0, 0.05) is 38.3 Å². The highest BCUT2D eigenvalue weighted by atomic mass is 16.5.